The molecule has 1 aromatic heterocycles. The Kier molecular flexibility index (Phi) is 10.8. The van der Waals surface area contributed by atoms with Crippen molar-refractivity contribution in [3.05, 3.63) is 54.1 Å². The van der Waals surface area contributed by atoms with Gasteiger partial charge in [0.2, 0.25) is 17.7 Å². The summed E-state index contributed by atoms with van der Waals surface area (Å²) in [5.41, 5.74) is 6.94. The van der Waals surface area contributed by atoms with E-state index in [4.69, 9.17) is 5.73 Å². The molecular weight excluding hydrogens is 484 g/mol. The van der Waals surface area contributed by atoms with Crippen LogP contribution in [0, 0.1) is 5.92 Å². The van der Waals surface area contributed by atoms with Gasteiger partial charge >= 0.3 is 11.9 Å². The molecule has 0 aliphatic carbocycles. The molecule has 0 spiro atoms. The molecule has 2 aromatic rings. The van der Waals surface area contributed by atoms with Gasteiger partial charge in [-0.15, -0.1) is 0 Å². The van der Waals surface area contributed by atoms with Gasteiger partial charge in [-0.1, -0.05) is 44.2 Å². The largest absolute Gasteiger partial charge is 0.481 e. The van der Waals surface area contributed by atoms with Crippen LogP contribution in [0.15, 0.2) is 42.9 Å². The van der Waals surface area contributed by atoms with E-state index in [9.17, 15) is 34.2 Å². The first-order chi connectivity index (χ1) is 17.5. The summed E-state index contributed by atoms with van der Waals surface area (Å²) in [5.74, 6) is -5.37. The summed E-state index contributed by atoms with van der Waals surface area (Å²) in [4.78, 5) is 68.3. The highest BCUT2D eigenvalue weighted by Gasteiger charge is 2.32. The highest BCUT2D eigenvalue weighted by atomic mass is 16.4. The van der Waals surface area contributed by atoms with Crippen LogP contribution in [0.2, 0.25) is 0 Å². The number of imidazole rings is 1. The van der Waals surface area contributed by atoms with Gasteiger partial charge in [0, 0.05) is 24.7 Å². The van der Waals surface area contributed by atoms with Crippen molar-refractivity contribution in [1.29, 1.82) is 0 Å². The van der Waals surface area contributed by atoms with E-state index < -0.39 is 60.2 Å². The normalized spacial score (nSPS) is 14.2. The molecule has 0 bridgehead atoms. The van der Waals surface area contributed by atoms with Crippen molar-refractivity contribution in [3.63, 3.8) is 0 Å². The Morgan fingerprint density at radius 3 is 2.03 bits per heavy atom. The van der Waals surface area contributed by atoms with Gasteiger partial charge in [-0.2, -0.15) is 0 Å². The molecule has 0 aliphatic rings. The quantitative estimate of drug-likeness (QED) is 0.167. The maximum absolute atomic E-state index is 13.2. The highest BCUT2D eigenvalue weighted by molar-refractivity contribution is 5.95. The summed E-state index contributed by atoms with van der Waals surface area (Å²) in [6.07, 6.45) is 1.94. The average Bonchev–Trinajstić information content (AvgIpc) is 3.35. The third-order valence-corrected chi connectivity index (χ3v) is 5.54. The molecule has 8 N–H and O–H groups in total. The van der Waals surface area contributed by atoms with Gasteiger partial charge in [0.05, 0.1) is 18.8 Å². The highest BCUT2D eigenvalue weighted by Crippen LogP contribution is 2.07. The zero-order chi connectivity index (χ0) is 27.5. The Morgan fingerprint density at radius 2 is 1.49 bits per heavy atom. The van der Waals surface area contributed by atoms with Crippen LogP contribution in [0.3, 0.4) is 0 Å². The predicted octanol–water partition coefficient (Wildman–Crippen LogP) is -0.808. The number of hydrogen-bond donors (Lipinski definition) is 7. The molecule has 0 saturated heterocycles. The Labute approximate surface area is 213 Å². The second-order valence-corrected chi connectivity index (χ2v) is 8.86. The first kappa shape index (κ1) is 29.0. The standard InChI is InChI=1S/C24H32N6O7/c1-13(2)20(25)23(35)29-17(10-19(31)32)22(34)28-16(8-14-6-4-3-5-7-14)21(33)30-18(24(36)37)9-15-11-26-12-27-15/h3-7,11-13,16-18,20H,8-10,25H2,1-2H3,(H,26,27)(H,28,34)(H,29,35)(H,30,33)(H,31,32)(H,36,37). The Hall–Kier alpha value is -4.26. The van der Waals surface area contributed by atoms with Crippen molar-refractivity contribution in [3.8, 4) is 0 Å². The number of nitrogens with zero attached hydrogens (tertiary/aromatic N) is 1. The molecule has 37 heavy (non-hydrogen) atoms. The summed E-state index contributed by atoms with van der Waals surface area (Å²) < 4.78 is 0. The first-order valence-corrected chi connectivity index (χ1v) is 11.6. The smallest absolute Gasteiger partial charge is 0.326 e. The molecule has 2 rings (SSSR count). The number of H-pyrrole nitrogens is 1. The lowest BCUT2D eigenvalue weighted by Crippen LogP contribution is -2.58. The topological polar surface area (TPSA) is 217 Å². The number of carboxylic acid groups (broad SMARTS) is 2. The number of aromatic amines is 1. The fourth-order valence-corrected chi connectivity index (χ4v) is 3.37. The number of carbonyl (C=O) groups excluding carboxylic acids is 3. The van der Waals surface area contributed by atoms with Crippen LogP contribution in [-0.4, -0.2) is 74.0 Å². The van der Waals surface area contributed by atoms with Crippen LogP contribution in [0.1, 0.15) is 31.5 Å². The summed E-state index contributed by atoms with van der Waals surface area (Å²) in [6.45, 7) is 3.39. The van der Waals surface area contributed by atoms with Gasteiger partial charge in [-0.3, -0.25) is 19.2 Å². The van der Waals surface area contributed by atoms with E-state index in [1.54, 1.807) is 44.2 Å². The predicted molar refractivity (Wildman–Crippen MR) is 131 cm³/mol. The third-order valence-electron chi connectivity index (χ3n) is 5.54. The second-order valence-electron chi connectivity index (χ2n) is 8.86. The third kappa shape index (κ3) is 9.37. The van der Waals surface area contributed by atoms with Crippen LogP contribution in [-0.2, 0) is 36.8 Å². The number of rotatable bonds is 14. The maximum Gasteiger partial charge on any atom is 0.326 e. The molecule has 0 aliphatic heterocycles. The minimum Gasteiger partial charge on any atom is -0.481 e. The molecule has 1 aromatic carbocycles. The number of nitrogens with one attached hydrogen (secondary N) is 4. The van der Waals surface area contributed by atoms with Crippen LogP contribution >= 0.6 is 0 Å². The second kappa shape index (κ2) is 13.7. The molecular formula is C24H32N6O7. The molecule has 1 heterocycles. The fraction of sp³-hybridized carbons (Fsp3) is 0.417. The molecule has 3 amide bonds. The molecule has 4 atom stereocenters. The van der Waals surface area contributed by atoms with E-state index in [0.717, 1.165) is 0 Å². The number of benzene rings is 1. The van der Waals surface area contributed by atoms with Gasteiger partial charge < -0.3 is 36.9 Å². The maximum atomic E-state index is 13.2. The van der Waals surface area contributed by atoms with E-state index in [2.05, 4.69) is 25.9 Å². The molecule has 0 saturated carbocycles. The van der Waals surface area contributed by atoms with Crippen molar-refractivity contribution in [2.75, 3.05) is 0 Å². The molecule has 200 valence electrons. The van der Waals surface area contributed by atoms with E-state index in [-0.39, 0.29) is 18.8 Å². The van der Waals surface area contributed by atoms with E-state index >= 15 is 0 Å². The number of aliphatic carboxylic acids is 2. The van der Waals surface area contributed by atoms with E-state index in [1.165, 1.54) is 12.5 Å². The Balaban J connectivity index is 2.24. The van der Waals surface area contributed by atoms with Crippen molar-refractivity contribution < 1.29 is 34.2 Å². The number of nitrogens with two attached hydrogens (primary N) is 1. The number of carbonyl (C=O) groups is 5. The van der Waals surface area contributed by atoms with Gasteiger partial charge in [-0.25, -0.2) is 9.78 Å². The zero-order valence-corrected chi connectivity index (χ0v) is 20.5. The molecule has 0 fully saturated rings. The van der Waals surface area contributed by atoms with Crippen molar-refractivity contribution >= 4 is 29.7 Å². The Bertz CT molecular complexity index is 1070. The number of aromatic nitrogens is 2. The lowest BCUT2D eigenvalue weighted by atomic mass is 10.0. The molecule has 4 unspecified atom stereocenters. The van der Waals surface area contributed by atoms with Crippen LogP contribution in [0.4, 0.5) is 0 Å². The number of carboxylic acids is 2. The summed E-state index contributed by atoms with van der Waals surface area (Å²) in [6, 6.07) is 3.54. The van der Waals surface area contributed by atoms with Crippen molar-refractivity contribution in [2.24, 2.45) is 11.7 Å². The number of hydrogen-bond acceptors (Lipinski definition) is 7. The number of amides is 3. The lowest BCUT2D eigenvalue weighted by molar-refractivity contribution is -0.143. The summed E-state index contributed by atoms with van der Waals surface area (Å²) >= 11 is 0. The van der Waals surface area contributed by atoms with Crippen LogP contribution < -0.4 is 21.7 Å². The van der Waals surface area contributed by atoms with Crippen LogP contribution in [0.5, 0.6) is 0 Å². The van der Waals surface area contributed by atoms with E-state index in [1.807, 2.05) is 0 Å². The monoisotopic (exact) mass is 516 g/mol. The summed E-state index contributed by atoms with van der Waals surface area (Å²) in [7, 11) is 0. The van der Waals surface area contributed by atoms with Gasteiger partial charge in [-0.05, 0) is 11.5 Å². The summed E-state index contributed by atoms with van der Waals surface area (Å²) in [5, 5.41) is 26.1. The Morgan fingerprint density at radius 1 is 0.892 bits per heavy atom. The van der Waals surface area contributed by atoms with Crippen molar-refractivity contribution in [2.45, 2.75) is 57.3 Å². The minimum atomic E-state index is -1.51. The molecule has 13 nitrogen and oxygen atoms in total. The van der Waals surface area contributed by atoms with Gasteiger partial charge in [0.25, 0.3) is 0 Å². The van der Waals surface area contributed by atoms with Crippen LogP contribution in [0.25, 0.3) is 0 Å². The van der Waals surface area contributed by atoms with Gasteiger partial charge in [0.15, 0.2) is 0 Å². The lowest BCUT2D eigenvalue weighted by Gasteiger charge is -2.25. The zero-order valence-electron chi connectivity index (χ0n) is 20.5. The van der Waals surface area contributed by atoms with Crippen molar-refractivity contribution in [1.82, 2.24) is 25.9 Å². The van der Waals surface area contributed by atoms with Gasteiger partial charge in [0.1, 0.15) is 18.1 Å². The molecule has 13 heteroatoms. The average molecular weight is 517 g/mol. The minimum absolute atomic E-state index is 0.0198. The first-order valence-electron chi connectivity index (χ1n) is 11.6. The SMILES string of the molecule is CC(C)C(N)C(=O)NC(CC(=O)O)C(=O)NC(Cc1ccccc1)C(=O)NC(Cc1cnc[nH]1)C(=O)O. The molecule has 0 radical (unpaired) electrons. The van der Waals surface area contributed by atoms with E-state index in [0.29, 0.717) is 11.3 Å². The fourth-order valence-electron chi connectivity index (χ4n) is 3.37.